The molecule has 3 aromatic carbocycles. The van der Waals surface area contributed by atoms with Crippen LogP contribution < -0.4 is 4.74 Å². The molecule has 20 heavy (non-hydrogen) atoms. The number of rotatable bonds is 2. The van der Waals surface area contributed by atoms with E-state index in [2.05, 4.69) is 12.1 Å². The molecule has 0 fully saturated rings. The van der Waals surface area contributed by atoms with Crippen molar-refractivity contribution in [1.82, 2.24) is 0 Å². The van der Waals surface area contributed by atoms with Gasteiger partial charge in [-0.15, -0.1) is 0 Å². The Morgan fingerprint density at radius 3 is 2.35 bits per heavy atom. The van der Waals surface area contributed by atoms with E-state index in [4.69, 9.17) is 4.74 Å². The maximum absolute atomic E-state index is 9.32. The lowest BCUT2D eigenvalue weighted by molar-refractivity contribution is 0.415. The molecule has 0 spiro atoms. The molecule has 0 bridgehead atoms. The lowest BCUT2D eigenvalue weighted by Crippen LogP contribution is -1.85. The van der Waals surface area contributed by atoms with Gasteiger partial charge in [-0.1, -0.05) is 36.4 Å². The van der Waals surface area contributed by atoms with E-state index in [1.807, 2.05) is 54.6 Å². The van der Waals surface area contributed by atoms with Gasteiger partial charge in [-0.25, -0.2) is 0 Å². The first-order chi connectivity index (χ1) is 9.81. The molecule has 0 aliphatic rings. The molecule has 96 valence electrons. The van der Waals surface area contributed by atoms with Gasteiger partial charge in [0.25, 0.3) is 0 Å². The van der Waals surface area contributed by atoms with E-state index in [-0.39, 0.29) is 0 Å². The molecule has 3 rings (SSSR count). The molecule has 0 saturated heterocycles. The molecular formula is C18H13NO. The van der Waals surface area contributed by atoms with Gasteiger partial charge in [0.1, 0.15) is 5.75 Å². The van der Waals surface area contributed by atoms with E-state index in [0.717, 1.165) is 27.6 Å². The van der Waals surface area contributed by atoms with Crippen molar-refractivity contribution in [1.29, 1.82) is 5.26 Å². The van der Waals surface area contributed by atoms with Crippen molar-refractivity contribution >= 4 is 10.8 Å². The van der Waals surface area contributed by atoms with Crippen molar-refractivity contribution < 1.29 is 4.74 Å². The lowest BCUT2D eigenvalue weighted by atomic mass is 9.97. The largest absolute Gasteiger partial charge is 0.497 e. The van der Waals surface area contributed by atoms with E-state index in [0.29, 0.717) is 5.56 Å². The Bertz CT molecular complexity index is 798. The van der Waals surface area contributed by atoms with Crippen LogP contribution in [-0.2, 0) is 0 Å². The van der Waals surface area contributed by atoms with E-state index in [1.165, 1.54) is 0 Å². The molecule has 0 radical (unpaired) electrons. The summed E-state index contributed by atoms with van der Waals surface area (Å²) in [5.74, 6) is 0.829. The smallest absolute Gasteiger partial charge is 0.118 e. The summed E-state index contributed by atoms with van der Waals surface area (Å²) in [6.07, 6.45) is 0. The van der Waals surface area contributed by atoms with Crippen LogP contribution in [0.4, 0.5) is 0 Å². The third kappa shape index (κ3) is 2.10. The number of nitrogens with zero attached hydrogens (tertiary/aromatic N) is 1. The number of hydrogen-bond acceptors (Lipinski definition) is 2. The molecule has 0 atom stereocenters. The van der Waals surface area contributed by atoms with E-state index in [1.54, 1.807) is 7.11 Å². The fourth-order valence-corrected chi connectivity index (χ4v) is 2.35. The summed E-state index contributed by atoms with van der Waals surface area (Å²) in [6, 6.07) is 22.1. The van der Waals surface area contributed by atoms with Gasteiger partial charge in [0, 0.05) is 0 Å². The van der Waals surface area contributed by atoms with Gasteiger partial charge in [-0.05, 0) is 46.2 Å². The van der Waals surface area contributed by atoms with Crippen LogP contribution in [0.15, 0.2) is 60.7 Å². The second kappa shape index (κ2) is 5.07. The summed E-state index contributed by atoms with van der Waals surface area (Å²) in [6.45, 7) is 0. The van der Waals surface area contributed by atoms with E-state index >= 15 is 0 Å². The second-order valence-electron chi connectivity index (χ2n) is 4.59. The van der Waals surface area contributed by atoms with Crippen LogP contribution in [0, 0.1) is 11.3 Å². The molecule has 2 nitrogen and oxygen atoms in total. The van der Waals surface area contributed by atoms with Gasteiger partial charge in [0.05, 0.1) is 18.7 Å². The Hall–Kier alpha value is -2.79. The minimum atomic E-state index is 0.703. The molecule has 0 aliphatic carbocycles. The zero-order valence-electron chi connectivity index (χ0n) is 11.1. The van der Waals surface area contributed by atoms with Gasteiger partial charge in [-0.3, -0.25) is 0 Å². The predicted molar refractivity (Wildman–Crippen MR) is 80.7 cm³/mol. The van der Waals surface area contributed by atoms with Gasteiger partial charge in [0.2, 0.25) is 0 Å². The van der Waals surface area contributed by atoms with Gasteiger partial charge in [-0.2, -0.15) is 5.26 Å². The summed E-state index contributed by atoms with van der Waals surface area (Å²) in [4.78, 5) is 0. The number of fused-ring (bicyclic) bond motifs is 1. The Labute approximate surface area is 117 Å². The molecule has 3 aromatic rings. The van der Waals surface area contributed by atoms with E-state index < -0.39 is 0 Å². The van der Waals surface area contributed by atoms with Crippen molar-refractivity contribution in [2.45, 2.75) is 0 Å². The van der Waals surface area contributed by atoms with Crippen LogP contribution >= 0.6 is 0 Å². The topological polar surface area (TPSA) is 33.0 Å². The molecular weight excluding hydrogens is 246 g/mol. The Kier molecular flexibility index (Phi) is 3.10. The van der Waals surface area contributed by atoms with Gasteiger partial charge in [0.15, 0.2) is 0 Å². The molecule has 0 unspecified atom stereocenters. The van der Waals surface area contributed by atoms with Crippen molar-refractivity contribution in [3.05, 3.63) is 66.2 Å². The Morgan fingerprint density at radius 1 is 0.900 bits per heavy atom. The Morgan fingerprint density at radius 2 is 1.65 bits per heavy atom. The number of nitriles is 1. The van der Waals surface area contributed by atoms with Crippen molar-refractivity contribution in [2.75, 3.05) is 7.11 Å². The fraction of sp³-hybridized carbons (Fsp3) is 0.0556. The normalized spacial score (nSPS) is 10.2. The third-order valence-electron chi connectivity index (χ3n) is 3.41. The number of hydrogen-bond donors (Lipinski definition) is 0. The van der Waals surface area contributed by atoms with Crippen molar-refractivity contribution in [3.8, 4) is 22.9 Å². The summed E-state index contributed by atoms with van der Waals surface area (Å²) in [5, 5.41) is 11.4. The first-order valence-corrected chi connectivity index (χ1v) is 6.39. The first-order valence-electron chi connectivity index (χ1n) is 6.39. The highest BCUT2D eigenvalue weighted by molar-refractivity contribution is 5.92. The average Bonchev–Trinajstić information content (AvgIpc) is 2.54. The highest BCUT2D eigenvalue weighted by Crippen LogP contribution is 2.28. The summed E-state index contributed by atoms with van der Waals surface area (Å²) < 4.78 is 5.17. The van der Waals surface area contributed by atoms with E-state index in [9.17, 15) is 5.26 Å². The van der Waals surface area contributed by atoms with Crippen LogP contribution in [0.3, 0.4) is 0 Å². The molecule has 0 aromatic heterocycles. The maximum Gasteiger partial charge on any atom is 0.118 e. The quantitative estimate of drug-likeness (QED) is 0.684. The summed E-state index contributed by atoms with van der Waals surface area (Å²) >= 11 is 0. The minimum absolute atomic E-state index is 0.703. The maximum atomic E-state index is 9.32. The summed E-state index contributed by atoms with van der Waals surface area (Å²) in [5.41, 5.74) is 2.82. The van der Waals surface area contributed by atoms with Crippen LogP contribution in [-0.4, -0.2) is 7.11 Å². The minimum Gasteiger partial charge on any atom is -0.497 e. The monoisotopic (exact) mass is 259 g/mol. The SMILES string of the molecule is COc1ccc(-c2cc(C#N)c3ccccc3c2)cc1. The van der Waals surface area contributed by atoms with Crippen LogP contribution in [0.5, 0.6) is 5.75 Å². The van der Waals surface area contributed by atoms with Gasteiger partial charge < -0.3 is 4.74 Å². The zero-order chi connectivity index (χ0) is 13.9. The fourth-order valence-electron chi connectivity index (χ4n) is 2.35. The average molecular weight is 259 g/mol. The molecule has 0 heterocycles. The lowest BCUT2D eigenvalue weighted by Gasteiger charge is -2.07. The number of methoxy groups -OCH3 is 1. The molecule has 0 N–H and O–H groups in total. The van der Waals surface area contributed by atoms with Gasteiger partial charge >= 0.3 is 0 Å². The predicted octanol–water partition coefficient (Wildman–Crippen LogP) is 4.39. The van der Waals surface area contributed by atoms with Crippen LogP contribution in [0.2, 0.25) is 0 Å². The molecule has 0 saturated carbocycles. The van der Waals surface area contributed by atoms with Crippen LogP contribution in [0.1, 0.15) is 5.56 Å². The van der Waals surface area contributed by atoms with Crippen molar-refractivity contribution in [2.24, 2.45) is 0 Å². The Balaban J connectivity index is 2.18. The standard InChI is InChI=1S/C18H13NO/c1-20-17-8-6-13(7-9-17)15-10-14-4-2-3-5-18(14)16(11-15)12-19/h2-11H,1H3. The van der Waals surface area contributed by atoms with Crippen molar-refractivity contribution in [3.63, 3.8) is 0 Å². The third-order valence-corrected chi connectivity index (χ3v) is 3.41. The molecule has 0 amide bonds. The highest BCUT2D eigenvalue weighted by atomic mass is 16.5. The van der Waals surface area contributed by atoms with Crippen LogP contribution in [0.25, 0.3) is 21.9 Å². The number of benzene rings is 3. The first kappa shape index (κ1) is 12.3. The number of ether oxygens (including phenoxy) is 1. The molecule has 0 aliphatic heterocycles. The second-order valence-corrected chi connectivity index (χ2v) is 4.59. The highest BCUT2D eigenvalue weighted by Gasteiger charge is 2.05. The zero-order valence-corrected chi connectivity index (χ0v) is 11.1. The molecule has 2 heteroatoms. The summed E-state index contributed by atoms with van der Waals surface area (Å²) in [7, 11) is 1.65.